The first kappa shape index (κ1) is 10.9. The molecule has 0 bridgehead atoms. The van der Waals surface area contributed by atoms with Crippen LogP contribution in [-0.2, 0) is 14.8 Å². The first-order chi connectivity index (χ1) is 4.71. The van der Waals surface area contributed by atoms with Crippen LogP contribution in [0.1, 0.15) is 20.8 Å². The van der Waals surface area contributed by atoms with E-state index in [1.807, 2.05) is 20.8 Å². The average molecular weight is 181 g/mol. The molecular formula is C6H15NO3S. The van der Waals surface area contributed by atoms with E-state index in [1.165, 1.54) is 0 Å². The molecule has 0 aliphatic rings. The molecule has 68 valence electrons. The van der Waals surface area contributed by atoms with E-state index in [1.54, 1.807) is 0 Å². The van der Waals surface area contributed by atoms with E-state index < -0.39 is 16.0 Å². The lowest BCUT2D eigenvalue weighted by Crippen LogP contribution is -2.23. The quantitative estimate of drug-likeness (QED) is 0.680. The summed E-state index contributed by atoms with van der Waals surface area (Å²) in [5.74, 6) is -0.399. The van der Waals surface area contributed by atoms with Crippen LogP contribution in [0.4, 0.5) is 0 Å². The lowest BCUT2D eigenvalue weighted by Gasteiger charge is -2.17. The SMILES string of the molecule is CC(C)(C)COCS(N)(=O)=O. The van der Waals surface area contributed by atoms with Crippen molar-refractivity contribution >= 4 is 10.0 Å². The van der Waals surface area contributed by atoms with E-state index in [0.29, 0.717) is 6.61 Å². The van der Waals surface area contributed by atoms with E-state index >= 15 is 0 Å². The van der Waals surface area contributed by atoms with Crippen LogP contribution < -0.4 is 5.14 Å². The predicted molar refractivity (Wildman–Crippen MR) is 43.4 cm³/mol. The van der Waals surface area contributed by atoms with Crippen LogP contribution in [0.15, 0.2) is 0 Å². The van der Waals surface area contributed by atoms with Gasteiger partial charge >= 0.3 is 0 Å². The summed E-state index contributed by atoms with van der Waals surface area (Å²) in [7, 11) is -3.47. The van der Waals surface area contributed by atoms with Crippen LogP contribution in [0.2, 0.25) is 0 Å². The zero-order valence-electron chi connectivity index (χ0n) is 7.12. The van der Waals surface area contributed by atoms with E-state index in [-0.39, 0.29) is 5.41 Å². The number of nitrogens with two attached hydrogens (primary N) is 1. The monoisotopic (exact) mass is 181 g/mol. The van der Waals surface area contributed by atoms with Crippen LogP contribution in [-0.4, -0.2) is 21.0 Å². The highest BCUT2D eigenvalue weighted by atomic mass is 32.2. The number of hydrogen-bond donors (Lipinski definition) is 1. The predicted octanol–water partition coefficient (Wildman–Crippen LogP) is 0.295. The minimum Gasteiger partial charge on any atom is -0.364 e. The van der Waals surface area contributed by atoms with Crippen molar-refractivity contribution in [3.63, 3.8) is 0 Å². The van der Waals surface area contributed by atoms with Crippen LogP contribution >= 0.6 is 0 Å². The number of rotatable bonds is 3. The third-order valence-corrected chi connectivity index (χ3v) is 1.28. The molecule has 11 heavy (non-hydrogen) atoms. The molecule has 0 aliphatic carbocycles. The van der Waals surface area contributed by atoms with Gasteiger partial charge in [0.15, 0.2) is 5.94 Å². The molecular weight excluding hydrogens is 166 g/mol. The molecule has 5 heteroatoms. The summed E-state index contributed by atoms with van der Waals surface area (Å²) in [6.07, 6.45) is 0. The molecule has 0 rings (SSSR count). The van der Waals surface area contributed by atoms with E-state index in [4.69, 9.17) is 9.88 Å². The number of hydrogen-bond acceptors (Lipinski definition) is 3. The summed E-state index contributed by atoms with van der Waals surface area (Å²) in [4.78, 5) is 0. The summed E-state index contributed by atoms with van der Waals surface area (Å²) in [5.41, 5.74) is -0.0231. The fourth-order valence-corrected chi connectivity index (χ4v) is 0.780. The Morgan fingerprint density at radius 3 is 2.09 bits per heavy atom. The second-order valence-electron chi connectivity index (χ2n) is 3.69. The van der Waals surface area contributed by atoms with Crippen molar-refractivity contribution in [3.05, 3.63) is 0 Å². The fraction of sp³-hybridized carbons (Fsp3) is 1.00. The molecule has 0 atom stereocenters. The maximum atomic E-state index is 10.4. The van der Waals surface area contributed by atoms with E-state index in [0.717, 1.165) is 0 Å². The average Bonchev–Trinajstić information content (AvgIpc) is 1.55. The first-order valence-corrected chi connectivity index (χ1v) is 5.00. The Kier molecular flexibility index (Phi) is 3.47. The van der Waals surface area contributed by atoms with Gasteiger partial charge in [0.1, 0.15) is 0 Å². The highest BCUT2D eigenvalue weighted by Crippen LogP contribution is 2.12. The molecule has 4 nitrogen and oxygen atoms in total. The molecule has 0 saturated carbocycles. The molecule has 2 N–H and O–H groups in total. The zero-order valence-corrected chi connectivity index (χ0v) is 7.94. The first-order valence-electron chi connectivity index (χ1n) is 3.29. The lowest BCUT2D eigenvalue weighted by molar-refractivity contribution is 0.102. The van der Waals surface area contributed by atoms with Gasteiger partial charge in [-0.3, -0.25) is 0 Å². The van der Waals surface area contributed by atoms with Gasteiger partial charge in [0.05, 0.1) is 6.61 Å². The molecule has 0 aromatic heterocycles. The Hall–Kier alpha value is -0.130. The van der Waals surface area contributed by atoms with Gasteiger partial charge < -0.3 is 4.74 Å². The molecule has 0 aromatic carbocycles. The van der Waals surface area contributed by atoms with Crippen LogP contribution in [0.3, 0.4) is 0 Å². The minimum atomic E-state index is -3.47. The molecule has 0 fully saturated rings. The minimum absolute atomic E-state index is 0.0231. The normalized spacial score (nSPS) is 13.5. The second-order valence-corrected chi connectivity index (χ2v) is 5.25. The van der Waals surface area contributed by atoms with Crippen molar-refractivity contribution in [2.75, 3.05) is 12.5 Å². The summed E-state index contributed by atoms with van der Waals surface area (Å²) >= 11 is 0. The molecule has 0 saturated heterocycles. The number of sulfonamides is 1. The molecule has 0 aliphatic heterocycles. The topological polar surface area (TPSA) is 69.4 Å². The van der Waals surface area contributed by atoms with Crippen molar-refractivity contribution in [1.82, 2.24) is 0 Å². The second kappa shape index (κ2) is 3.51. The number of primary sulfonamides is 1. The molecule has 0 radical (unpaired) electrons. The van der Waals surface area contributed by atoms with Gasteiger partial charge in [-0.05, 0) is 5.41 Å². The van der Waals surface area contributed by atoms with Gasteiger partial charge in [0.25, 0.3) is 0 Å². The third kappa shape index (κ3) is 9.87. The summed E-state index contributed by atoms with van der Waals surface area (Å²) in [6, 6.07) is 0. The Balaban J connectivity index is 3.61. The van der Waals surface area contributed by atoms with Crippen LogP contribution in [0, 0.1) is 5.41 Å². The largest absolute Gasteiger partial charge is 0.364 e. The molecule has 0 amide bonds. The van der Waals surface area contributed by atoms with Gasteiger partial charge in [0.2, 0.25) is 10.0 Å². The van der Waals surface area contributed by atoms with Crippen LogP contribution in [0.5, 0.6) is 0 Å². The highest BCUT2D eigenvalue weighted by molar-refractivity contribution is 7.88. The van der Waals surface area contributed by atoms with E-state index in [9.17, 15) is 8.42 Å². The van der Waals surface area contributed by atoms with Gasteiger partial charge in [-0.15, -0.1) is 0 Å². The Labute approximate surface area is 67.8 Å². The van der Waals surface area contributed by atoms with Gasteiger partial charge in [0, 0.05) is 0 Å². The van der Waals surface area contributed by atoms with Gasteiger partial charge in [-0.1, -0.05) is 20.8 Å². The standard InChI is InChI=1S/C6H15NO3S/c1-6(2,3)4-10-5-11(7,8)9/h4-5H2,1-3H3,(H2,7,8,9). The Morgan fingerprint density at radius 1 is 1.36 bits per heavy atom. The summed E-state index contributed by atoms with van der Waals surface area (Å²) < 4.78 is 25.6. The molecule has 0 heterocycles. The van der Waals surface area contributed by atoms with Crippen molar-refractivity contribution in [1.29, 1.82) is 0 Å². The van der Waals surface area contributed by atoms with Crippen molar-refractivity contribution in [2.24, 2.45) is 10.6 Å². The Morgan fingerprint density at radius 2 is 1.82 bits per heavy atom. The van der Waals surface area contributed by atoms with Crippen LogP contribution in [0.25, 0.3) is 0 Å². The van der Waals surface area contributed by atoms with Crippen molar-refractivity contribution in [3.8, 4) is 0 Å². The number of ether oxygens (including phenoxy) is 1. The maximum absolute atomic E-state index is 10.4. The molecule has 0 unspecified atom stereocenters. The Bertz CT molecular complexity index is 202. The smallest absolute Gasteiger partial charge is 0.233 e. The fourth-order valence-electron chi connectivity index (χ4n) is 0.464. The molecule has 0 spiro atoms. The van der Waals surface area contributed by atoms with Crippen molar-refractivity contribution in [2.45, 2.75) is 20.8 Å². The van der Waals surface area contributed by atoms with E-state index in [2.05, 4.69) is 0 Å². The lowest BCUT2D eigenvalue weighted by atomic mass is 9.99. The third-order valence-electron chi connectivity index (χ3n) is 0.783. The van der Waals surface area contributed by atoms with Gasteiger partial charge in [-0.2, -0.15) is 0 Å². The zero-order chi connectivity index (χ0) is 9.12. The maximum Gasteiger partial charge on any atom is 0.233 e. The molecule has 0 aromatic rings. The van der Waals surface area contributed by atoms with Gasteiger partial charge in [-0.25, -0.2) is 13.6 Å². The summed E-state index contributed by atoms with van der Waals surface area (Å²) in [5, 5.41) is 4.71. The highest BCUT2D eigenvalue weighted by Gasteiger charge is 2.11. The van der Waals surface area contributed by atoms with Crippen molar-refractivity contribution < 1.29 is 13.2 Å². The summed E-state index contributed by atoms with van der Waals surface area (Å²) in [6.45, 7) is 6.26.